The van der Waals surface area contributed by atoms with Crippen LogP contribution in [0.1, 0.15) is 24.1 Å². The topological polar surface area (TPSA) is 12.0 Å². The normalized spacial score (nSPS) is 12.4. The van der Waals surface area contributed by atoms with E-state index in [1.807, 2.05) is 6.92 Å². The molecule has 2 aromatic carbocycles. The highest BCUT2D eigenvalue weighted by Crippen LogP contribution is 2.31. The van der Waals surface area contributed by atoms with Crippen molar-refractivity contribution in [3.63, 3.8) is 0 Å². The van der Waals surface area contributed by atoms with Gasteiger partial charge in [0, 0.05) is 8.59 Å². The van der Waals surface area contributed by atoms with Gasteiger partial charge in [0.2, 0.25) is 0 Å². The first-order valence-electron chi connectivity index (χ1n) is 6.16. The van der Waals surface area contributed by atoms with Crippen LogP contribution >= 0.6 is 34.2 Å². The quantitative estimate of drug-likeness (QED) is 0.709. The van der Waals surface area contributed by atoms with Gasteiger partial charge in [-0.25, -0.2) is 8.78 Å². The van der Waals surface area contributed by atoms with Crippen molar-refractivity contribution in [1.82, 2.24) is 5.32 Å². The lowest BCUT2D eigenvalue weighted by molar-refractivity contribution is 0.597. The van der Waals surface area contributed by atoms with Crippen molar-refractivity contribution >= 4 is 34.2 Å². The molecular formula is C15H13ClF2IN. The number of hydrogen-bond acceptors (Lipinski definition) is 1. The second kappa shape index (κ2) is 6.83. The highest BCUT2D eigenvalue weighted by Gasteiger charge is 2.19. The van der Waals surface area contributed by atoms with Crippen LogP contribution < -0.4 is 5.32 Å². The summed E-state index contributed by atoms with van der Waals surface area (Å²) < 4.78 is 27.5. The SMILES string of the molecule is CCNC(c1cc(F)ccc1Cl)c1ccc(F)cc1I. The fourth-order valence-electron chi connectivity index (χ4n) is 2.06. The summed E-state index contributed by atoms with van der Waals surface area (Å²) in [6.07, 6.45) is 0. The monoisotopic (exact) mass is 407 g/mol. The number of benzene rings is 2. The van der Waals surface area contributed by atoms with Gasteiger partial charge < -0.3 is 5.32 Å². The summed E-state index contributed by atoms with van der Waals surface area (Å²) in [6, 6.07) is 8.55. The molecule has 1 nitrogen and oxygen atoms in total. The lowest BCUT2D eigenvalue weighted by Gasteiger charge is -2.21. The number of hydrogen-bond donors (Lipinski definition) is 1. The Morgan fingerprint density at radius 1 is 1.10 bits per heavy atom. The van der Waals surface area contributed by atoms with Crippen LogP contribution in [0.4, 0.5) is 8.78 Å². The van der Waals surface area contributed by atoms with Crippen molar-refractivity contribution in [2.75, 3.05) is 6.54 Å². The van der Waals surface area contributed by atoms with Gasteiger partial charge in [0.25, 0.3) is 0 Å². The zero-order chi connectivity index (χ0) is 14.7. The number of halogens is 4. The number of nitrogens with one attached hydrogen (secondary N) is 1. The van der Waals surface area contributed by atoms with Gasteiger partial charge in [0.1, 0.15) is 11.6 Å². The van der Waals surface area contributed by atoms with Gasteiger partial charge in [0.05, 0.1) is 6.04 Å². The van der Waals surface area contributed by atoms with Gasteiger partial charge >= 0.3 is 0 Å². The molecule has 0 bridgehead atoms. The van der Waals surface area contributed by atoms with E-state index in [2.05, 4.69) is 27.9 Å². The molecule has 0 radical (unpaired) electrons. The van der Waals surface area contributed by atoms with E-state index in [9.17, 15) is 8.78 Å². The first kappa shape index (κ1) is 15.7. The predicted molar refractivity (Wildman–Crippen MR) is 86.0 cm³/mol. The van der Waals surface area contributed by atoms with Crippen molar-refractivity contribution in [2.24, 2.45) is 0 Å². The molecule has 5 heteroatoms. The average Bonchev–Trinajstić information content (AvgIpc) is 2.40. The van der Waals surface area contributed by atoms with Gasteiger partial charge in [-0.05, 0) is 70.6 Å². The molecule has 1 atom stereocenters. The van der Waals surface area contributed by atoms with Crippen LogP contribution in [0.3, 0.4) is 0 Å². The maximum atomic E-state index is 13.5. The van der Waals surface area contributed by atoms with Crippen LogP contribution in [-0.2, 0) is 0 Å². The van der Waals surface area contributed by atoms with Crippen LogP contribution in [0.15, 0.2) is 36.4 Å². The highest BCUT2D eigenvalue weighted by molar-refractivity contribution is 14.1. The molecule has 106 valence electrons. The second-order valence-corrected chi connectivity index (χ2v) is 5.89. The third-order valence-electron chi connectivity index (χ3n) is 2.95. The molecule has 0 amide bonds. The van der Waals surface area contributed by atoms with E-state index in [-0.39, 0.29) is 17.7 Å². The molecule has 0 fully saturated rings. The smallest absolute Gasteiger partial charge is 0.124 e. The Morgan fingerprint density at radius 2 is 1.75 bits per heavy atom. The third-order valence-corrected chi connectivity index (χ3v) is 4.23. The molecule has 0 aliphatic heterocycles. The summed E-state index contributed by atoms with van der Waals surface area (Å²) in [5.74, 6) is -0.636. The lowest BCUT2D eigenvalue weighted by atomic mass is 9.98. The molecule has 2 rings (SSSR count). The summed E-state index contributed by atoms with van der Waals surface area (Å²) in [5, 5.41) is 3.75. The van der Waals surface area contributed by atoms with Gasteiger partial charge in [-0.1, -0.05) is 24.6 Å². The molecule has 0 heterocycles. The Morgan fingerprint density at radius 3 is 2.40 bits per heavy atom. The molecule has 0 aliphatic carbocycles. The molecule has 1 N–H and O–H groups in total. The van der Waals surface area contributed by atoms with Crippen LogP contribution in [-0.4, -0.2) is 6.54 Å². The third kappa shape index (κ3) is 3.48. The first-order chi connectivity index (χ1) is 9.52. The molecule has 2 aromatic rings. The zero-order valence-electron chi connectivity index (χ0n) is 10.8. The van der Waals surface area contributed by atoms with E-state index in [0.717, 1.165) is 9.13 Å². The lowest BCUT2D eigenvalue weighted by Crippen LogP contribution is -2.23. The summed E-state index contributed by atoms with van der Waals surface area (Å²) >= 11 is 8.25. The van der Waals surface area contributed by atoms with E-state index < -0.39 is 0 Å². The van der Waals surface area contributed by atoms with E-state index in [4.69, 9.17) is 11.6 Å². The Labute approximate surface area is 135 Å². The summed E-state index contributed by atoms with van der Waals surface area (Å²) in [7, 11) is 0. The minimum atomic E-state index is -0.343. The molecule has 0 saturated carbocycles. The van der Waals surface area contributed by atoms with Crippen LogP contribution in [0.2, 0.25) is 5.02 Å². The molecule has 0 aromatic heterocycles. The Kier molecular flexibility index (Phi) is 5.35. The van der Waals surface area contributed by atoms with E-state index in [1.54, 1.807) is 6.07 Å². The van der Waals surface area contributed by atoms with Crippen molar-refractivity contribution in [3.8, 4) is 0 Å². The predicted octanol–water partition coefficient (Wildman–Crippen LogP) is 4.92. The number of rotatable bonds is 4. The second-order valence-electron chi connectivity index (χ2n) is 4.32. The Bertz CT molecular complexity index is 619. The van der Waals surface area contributed by atoms with Gasteiger partial charge in [-0.3, -0.25) is 0 Å². The maximum absolute atomic E-state index is 13.5. The molecule has 20 heavy (non-hydrogen) atoms. The standard InChI is InChI=1S/C15H13ClF2IN/c1-2-20-15(11-5-3-10(18)8-14(11)19)12-7-9(17)4-6-13(12)16/h3-8,15,20H,2H2,1H3. The summed E-state index contributed by atoms with van der Waals surface area (Å²) in [6.45, 7) is 2.64. The summed E-state index contributed by atoms with van der Waals surface area (Å²) in [4.78, 5) is 0. The molecule has 0 saturated heterocycles. The minimum absolute atomic E-state index is 0.268. The van der Waals surface area contributed by atoms with Crippen molar-refractivity contribution in [1.29, 1.82) is 0 Å². The summed E-state index contributed by atoms with van der Waals surface area (Å²) in [5.41, 5.74) is 1.53. The first-order valence-corrected chi connectivity index (χ1v) is 7.62. The van der Waals surface area contributed by atoms with Crippen molar-refractivity contribution < 1.29 is 8.78 Å². The molecule has 0 spiro atoms. The zero-order valence-corrected chi connectivity index (χ0v) is 13.7. The van der Waals surface area contributed by atoms with Gasteiger partial charge in [-0.15, -0.1) is 0 Å². The van der Waals surface area contributed by atoms with Gasteiger partial charge in [0.15, 0.2) is 0 Å². The van der Waals surface area contributed by atoms with Crippen LogP contribution in [0.5, 0.6) is 0 Å². The Balaban J connectivity index is 2.53. The van der Waals surface area contributed by atoms with E-state index in [1.165, 1.54) is 30.3 Å². The maximum Gasteiger partial charge on any atom is 0.124 e. The van der Waals surface area contributed by atoms with Crippen molar-refractivity contribution in [2.45, 2.75) is 13.0 Å². The minimum Gasteiger partial charge on any atom is -0.306 e. The Hall–Kier alpha value is -0.720. The van der Waals surface area contributed by atoms with Crippen LogP contribution in [0, 0.1) is 15.2 Å². The molecule has 0 aliphatic rings. The van der Waals surface area contributed by atoms with E-state index in [0.29, 0.717) is 17.1 Å². The highest BCUT2D eigenvalue weighted by atomic mass is 127. The molecule has 1 unspecified atom stereocenters. The van der Waals surface area contributed by atoms with Gasteiger partial charge in [-0.2, -0.15) is 0 Å². The molecular weight excluding hydrogens is 395 g/mol. The van der Waals surface area contributed by atoms with Crippen LogP contribution in [0.25, 0.3) is 0 Å². The fraction of sp³-hybridized carbons (Fsp3) is 0.200. The average molecular weight is 408 g/mol. The fourth-order valence-corrected chi connectivity index (χ4v) is 3.08. The largest absolute Gasteiger partial charge is 0.306 e. The van der Waals surface area contributed by atoms with Crippen molar-refractivity contribution in [3.05, 3.63) is 67.8 Å². The van der Waals surface area contributed by atoms with E-state index >= 15 is 0 Å².